The van der Waals surface area contributed by atoms with E-state index in [2.05, 4.69) is 20.8 Å². The van der Waals surface area contributed by atoms with Crippen LogP contribution in [0.15, 0.2) is 22.7 Å². The SMILES string of the molecule is C[C@H](Cc1ccc(O)c(Br)c1)C(=O)N1CCC(N2CCN(S(C)(=O)=O)CC2)CC1. The zero-order valence-electron chi connectivity index (χ0n) is 17.1. The van der Waals surface area contributed by atoms with Crippen molar-refractivity contribution < 1.29 is 18.3 Å². The van der Waals surface area contributed by atoms with E-state index < -0.39 is 10.0 Å². The number of piperidine rings is 1. The first-order chi connectivity index (χ1) is 13.6. The van der Waals surface area contributed by atoms with E-state index in [0.717, 1.165) is 44.6 Å². The number of hydrogen-bond acceptors (Lipinski definition) is 5. The molecule has 3 rings (SSSR count). The number of sulfonamides is 1. The van der Waals surface area contributed by atoms with Crippen molar-refractivity contribution in [3.05, 3.63) is 28.2 Å². The molecule has 0 bridgehead atoms. The highest BCUT2D eigenvalue weighted by Gasteiger charge is 2.32. The molecule has 1 aromatic carbocycles. The number of phenols is 1. The summed E-state index contributed by atoms with van der Waals surface area (Å²) >= 11 is 3.32. The molecule has 1 N–H and O–H groups in total. The summed E-state index contributed by atoms with van der Waals surface area (Å²) in [6.07, 6.45) is 3.78. The Bertz CT molecular complexity index is 832. The van der Waals surface area contributed by atoms with Gasteiger partial charge in [-0.1, -0.05) is 13.0 Å². The highest BCUT2D eigenvalue weighted by molar-refractivity contribution is 9.10. The van der Waals surface area contributed by atoms with Crippen molar-refractivity contribution in [2.24, 2.45) is 5.92 Å². The maximum atomic E-state index is 12.9. The number of amides is 1. The van der Waals surface area contributed by atoms with Gasteiger partial charge >= 0.3 is 0 Å². The third-order valence-corrected chi connectivity index (χ3v) is 7.95. The summed E-state index contributed by atoms with van der Waals surface area (Å²) in [6, 6.07) is 5.78. The van der Waals surface area contributed by atoms with Gasteiger partial charge in [0.15, 0.2) is 0 Å². The lowest BCUT2D eigenvalue weighted by Gasteiger charge is -2.42. The van der Waals surface area contributed by atoms with Crippen LogP contribution in [0.5, 0.6) is 5.75 Å². The normalized spacial score (nSPS) is 21.3. The fraction of sp³-hybridized carbons (Fsp3) is 0.650. The predicted molar refractivity (Wildman–Crippen MR) is 116 cm³/mol. The zero-order chi connectivity index (χ0) is 21.2. The molecule has 2 aliphatic heterocycles. The smallest absolute Gasteiger partial charge is 0.225 e. The van der Waals surface area contributed by atoms with Gasteiger partial charge in [-0.25, -0.2) is 8.42 Å². The van der Waals surface area contributed by atoms with Crippen molar-refractivity contribution >= 4 is 31.9 Å². The molecule has 29 heavy (non-hydrogen) atoms. The van der Waals surface area contributed by atoms with Crippen LogP contribution in [-0.4, -0.2) is 85.1 Å². The number of hydrogen-bond donors (Lipinski definition) is 1. The molecule has 2 aliphatic rings. The van der Waals surface area contributed by atoms with Crippen LogP contribution in [0.2, 0.25) is 0 Å². The third kappa shape index (κ3) is 5.71. The van der Waals surface area contributed by atoms with E-state index in [1.807, 2.05) is 24.0 Å². The average Bonchev–Trinajstić information content (AvgIpc) is 2.70. The number of piperazine rings is 1. The molecule has 1 amide bonds. The fourth-order valence-electron chi connectivity index (χ4n) is 4.28. The number of phenolic OH excluding ortho intramolecular Hbond substituents is 1. The summed E-state index contributed by atoms with van der Waals surface area (Å²) in [7, 11) is -3.10. The highest BCUT2D eigenvalue weighted by atomic mass is 79.9. The van der Waals surface area contributed by atoms with Crippen LogP contribution in [-0.2, 0) is 21.2 Å². The number of halogens is 1. The monoisotopic (exact) mass is 487 g/mol. The second-order valence-corrected chi connectivity index (χ2v) is 11.0. The van der Waals surface area contributed by atoms with Gasteiger partial charge in [0.2, 0.25) is 15.9 Å². The van der Waals surface area contributed by atoms with Crippen LogP contribution in [0.25, 0.3) is 0 Å². The highest BCUT2D eigenvalue weighted by Crippen LogP contribution is 2.26. The topological polar surface area (TPSA) is 81.2 Å². The van der Waals surface area contributed by atoms with Crippen molar-refractivity contribution in [2.75, 3.05) is 45.5 Å². The minimum Gasteiger partial charge on any atom is -0.507 e. The van der Waals surface area contributed by atoms with Crippen molar-refractivity contribution in [3.63, 3.8) is 0 Å². The Hall–Kier alpha value is -1.16. The summed E-state index contributed by atoms with van der Waals surface area (Å²) in [4.78, 5) is 17.2. The van der Waals surface area contributed by atoms with E-state index in [4.69, 9.17) is 0 Å². The van der Waals surface area contributed by atoms with Gasteiger partial charge in [-0.05, 0) is 52.9 Å². The molecule has 0 spiro atoms. The van der Waals surface area contributed by atoms with Gasteiger partial charge in [0.1, 0.15) is 5.75 Å². The number of carbonyl (C=O) groups excluding carboxylic acids is 1. The Morgan fingerprint density at radius 3 is 2.34 bits per heavy atom. The minimum absolute atomic E-state index is 0.110. The summed E-state index contributed by atoms with van der Waals surface area (Å²) in [6.45, 7) is 6.09. The standard InChI is InChI=1S/C20H30BrN3O4S/c1-15(13-16-3-4-19(25)18(21)14-16)20(26)23-7-5-17(6-8-23)22-9-11-24(12-10-22)29(2,27)28/h3-4,14-15,17,25H,5-13H2,1-2H3/t15-/m1/s1. The lowest BCUT2D eigenvalue weighted by molar-refractivity contribution is -0.136. The van der Waals surface area contributed by atoms with Crippen molar-refractivity contribution in [2.45, 2.75) is 32.2 Å². The van der Waals surface area contributed by atoms with E-state index in [9.17, 15) is 18.3 Å². The van der Waals surface area contributed by atoms with Gasteiger partial charge < -0.3 is 10.0 Å². The Labute approximate surface area is 181 Å². The number of benzene rings is 1. The summed E-state index contributed by atoms with van der Waals surface area (Å²) < 4.78 is 25.5. The molecule has 0 radical (unpaired) electrons. The van der Waals surface area contributed by atoms with Crippen LogP contribution >= 0.6 is 15.9 Å². The first kappa shape index (κ1) is 22.5. The lowest BCUT2D eigenvalue weighted by atomic mass is 9.97. The lowest BCUT2D eigenvalue weighted by Crippen LogP contribution is -2.54. The Morgan fingerprint density at radius 1 is 1.17 bits per heavy atom. The van der Waals surface area contributed by atoms with Gasteiger partial charge in [0.25, 0.3) is 0 Å². The van der Waals surface area contributed by atoms with Gasteiger partial charge in [0.05, 0.1) is 10.7 Å². The van der Waals surface area contributed by atoms with Gasteiger partial charge in [0, 0.05) is 51.2 Å². The molecule has 2 heterocycles. The molecule has 1 atom stereocenters. The Kier molecular flexibility index (Phi) is 7.24. The molecule has 0 saturated carbocycles. The molecule has 2 saturated heterocycles. The summed E-state index contributed by atoms with van der Waals surface area (Å²) in [5, 5.41) is 9.62. The number of carbonyl (C=O) groups is 1. The maximum Gasteiger partial charge on any atom is 0.225 e. The molecule has 0 unspecified atom stereocenters. The van der Waals surface area contributed by atoms with Crippen LogP contribution in [0.1, 0.15) is 25.3 Å². The molecule has 0 aliphatic carbocycles. The van der Waals surface area contributed by atoms with Gasteiger partial charge in [-0.15, -0.1) is 0 Å². The zero-order valence-corrected chi connectivity index (χ0v) is 19.5. The van der Waals surface area contributed by atoms with E-state index in [0.29, 0.717) is 30.0 Å². The molecular formula is C20H30BrN3O4S. The molecular weight excluding hydrogens is 458 g/mol. The van der Waals surface area contributed by atoms with E-state index in [1.165, 1.54) is 6.26 Å². The van der Waals surface area contributed by atoms with E-state index >= 15 is 0 Å². The first-order valence-corrected chi connectivity index (χ1v) is 12.7. The van der Waals surface area contributed by atoms with E-state index in [-0.39, 0.29) is 17.6 Å². The van der Waals surface area contributed by atoms with Crippen molar-refractivity contribution in [1.82, 2.24) is 14.1 Å². The van der Waals surface area contributed by atoms with Crippen molar-refractivity contribution in [1.29, 1.82) is 0 Å². The largest absolute Gasteiger partial charge is 0.507 e. The molecule has 162 valence electrons. The first-order valence-electron chi connectivity index (χ1n) is 10.1. The van der Waals surface area contributed by atoms with Crippen LogP contribution in [0.3, 0.4) is 0 Å². The summed E-state index contributed by atoms with van der Waals surface area (Å²) in [5.74, 6) is 0.267. The van der Waals surface area contributed by atoms with Gasteiger partial charge in [-0.3, -0.25) is 9.69 Å². The maximum absolute atomic E-state index is 12.9. The molecule has 0 aromatic heterocycles. The molecule has 2 fully saturated rings. The number of rotatable bonds is 5. The number of aromatic hydroxyl groups is 1. The third-order valence-electron chi connectivity index (χ3n) is 6.01. The van der Waals surface area contributed by atoms with Crippen LogP contribution in [0, 0.1) is 5.92 Å². The predicted octanol–water partition coefficient (Wildman–Crippen LogP) is 1.90. The van der Waals surface area contributed by atoms with Crippen LogP contribution in [0.4, 0.5) is 0 Å². The second-order valence-electron chi connectivity index (χ2n) is 8.15. The average molecular weight is 488 g/mol. The minimum atomic E-state index is -3.10. The fourth-order valence-corrected chi connectivity index (χ4v) is 5.53. The number of likely N-dealkylation sites (tertiary alicyclic amines) is 1. The van der Waals surface area contributed by atoms with E-state index in [1.54, 1.807) is 10.4 Å². The molecule has 1 aromatic rings. The second kappa shape index (κ2) is 9.32. The molecule has 9 heteroatoms. The Morgan fingerprint density at radius 2 is 1.79 bits per heavy atom. The van der Waals surface area contributed by atoms with Crippen LogP contribution < -0.4 is 0 Å². The quantitative estimate of drug-likeness (QED) is 0.685. The summed E-state index contributed by atoms with van der Waals surface area (Å²) in [5.41, 5.74) is 1.02. The van der Waals surface area contributed by atoms with Gasteiger partial charge in [-0.2, -0.15) is 4.31 Å². The van der Waals surface area contributed by atoms with Crippen molar-refractivity contribution in [3.8, 4) is 5.75 Å². The molecule has 7 nitrogen and oxygen atoms in total. The Balaban J connectivity index is 1.47. The number of nitrogens with zero attached hydrogens (tertiary/aromatic N) is 3.